The Morgan fingerprint density at radius 3 is 2.43 bits per heavy atom. The summed E-state index contributed by atoms with van der Waals surface area (Å²) in [4.78, 5) is 0.188. The van der Waals surface area contributed by atoms with E-state index in [0.717, 1.165) is 11.1 Å². The number of anilines is 1. The van der Waals surface area contributed by atoms with Gasteiger partial charge in [0.1, 0.15) is 5.82 Å². The molecule has 0 aliphatic rings. The van der Waals surface area contributed by atoms with Crippen molar-refractivity contribution in [3.05, 3.63) is 59.4 Å². The Kier molecular flexibility index (Phi) is 4.59. The lowest BCUT2D eigenvalue weighted by Crippen LogP contribution is -2.26. The number of hydrogen-bond acceptors (Lipinski definition) is 3. The number of nitrogen functional groups attached to an aromatic ring is 1. The zero-order valence-electron chi connectivity index (χ0n) is 11.6. The van der Waals surface area contributed by atoms with E-state index in [4.69, 9.17) is 5.73 Å². The third kappa shape index (κ3) is 4.03. The van der Waals surface area contributed by atoms with Crippen molar-refractivity contribution in [3.63, 3.8) is 0 Å². The molecule has 21 heavy (non-hydrogen) atoms. The van der Waals surface area contributed by atoms with Gasteiger partial charge in [-0.2, -0.15) is 0 Å². The molecule has 0 fully saturated rings. The molecule has 0 amide bonds. The highest BCUT2D eigenvalue weighted by Gasteiger charge is 2.14. The summed E-state index contributed by atoms with van der Waals surface area (Å²) in [5, 5.41) is 0. The summed E-state index contributed by atoms with van der Waals surface area (Å²) in [5.74, 6) is -0.309. The van der Waals surface area contributed by atoms with Crippen LogP contribution in [0.4, 0.5) is 10.1 Å². The Bertz CT molecular complexity index is 728. The molecule has 0 aliphatic heterocycles. The molecule has 0 aliphatic carbocycles. The highest BCUT2D eigenvalue weighted by molar-refractivity contribution is 7.89. The summed E-state index contributed by atoms with van der Waals surface area (Å²) < 4.78 is 39.5. The Morgan fingerprint density at radius 2 is 1.81 bits per heavy atom. The fourth-order valence-corrected chi connectivity index (χ4v) is 3.00. The smallest absolute Gasteiger partial charge is 0.240 e. The van der Waals surface area contributed by atoms with E-state index >= 15 is 0 Å². The Balaban J connectivity index is 2.01. The minimum absolute atomic E-state index is 0.188. The summed E-state index contributed by atoms with van der Waals surface area (Å²) in [5.41, 5.74) is 7.82. The van der Waals surface area contributed by atoms with E-state index in [1.54, 1.807) is 25.1 Å². The topological polar surface area (TPSA) is 72.2 Å². The van der Waals surface area contributed by atoms with E-state index in [-0.39, 0.29) is 17.3 Å². The van der Waals surface area contributed by atoms with Crippen LogP contribution in [0.1, 0.15) is 11.1 Å². The predicted octanol–water partition coefficient (Wildman–Crippen LogP) is 2.24. The second-order valence-corrected chi connectivity index (χ2v) is 6.56. The fraction of sp³-hybridized carbons (Fsp3) is 0.200. The first-order valence-electron chi connectivity index (χ1n) is 6.49. The molecule has 4 nitrogen and oxygen atoms in total. The SMILES string of the molecule is Cc1cc(S(=O)(=O)NCCc2ccc(F)cc2)ccc1N. The van der Waals surface area contributed by atoms with Crippen molar-refractivity contribution in [2.45, 2.75) is 18.2 Å². The van der Waals surface area contributed by atoms with Gasteiger partial charge in [-0.15, -0.1) is 0 Å². The summed E-state index contributed by atoms with van der Waals surface area (Å²) in [6, 6.07) is 10.6. The monoisotopic (exact) mass is 308 g/mol. The molecule has 0 heterocycles. The molecule has 112 valence electrons. The molecule has 0 bridgehead atoms. The minimum Gasteiger partial charge on any atom is -0.399 e. The largest absolute Gasteiger partial charge is 0.399 e. The van der Waals surface area contributed by atoms with Crippen molar-refractivity contribution in [1.29, 1.82) is 0 Å². The van der Waals surface area contributed by atoms with Gasteiger partial charge in [0.05, 0.1) is 4.90 Å². The van der Waals surface area contributed by atoms with Gasteiger partial charge in [-0.25, -0.2) is 17.5 Å². The van der Waals surface area contributed by atoms with Gasteiger partial charge in [0, 0.05) is 12.2 Å². The van der Waals surface area contributed by atoms with Crippen molar-refractivity contribution in [2.75, 3.05) is 12.3 Å². The van der Waals surface area contributed by atoms with Crippen LogP contribution >= 0.6 is 0 Å². The van der Waals surface area contributed by atoms with Crippen molar-refractivity contribution in [2.24, 2.45) is 0 Å². The van der Waals surface area contributed by atoms with Crippen molar-refractivity contribution < 1.29 is 12.8 Å². The van der Waals surface area contributed by atoms with Crippen molar-refractivity contribution >= 4 is 15.7 Å². The Morgan fingerprint density at radius 1 is 1.14 bits per heavy atom. The van der Waals surface area contributed by atoms with Crippen LogP contribution in [0.15, 0.2) is 47.4 Å². The van der Waals surface area contributed by atoms with Gasteiger partial charge < -0.3 is 5.73 Å². The van der Waals surface area contributed by atoms with Crippen molar-refractivity contribution in [1.82, 2.24) is 4.72 Å². The van der Waals surface area contributed by atoms with E-state index in [1.165, 1.54) is 24.3 Å². The van der Waals surface area contributed by atoms with E-state index < -0.39 is 10.0 Å². The standard InChI is InChI=1S/C15H17FN2O2S/c1-11-10-14(6-7-15(11)17)21(19,20)18-9-8-12-2-4-13(16)5-3-12/h2-7,10,18H,8-9,17H2,1H3. The van der Waals surface area contributed by atoms with Crippen LogP contribution in [-0.4, -0.2) is 15.0 Å². The molecule has 6 heteroatoms. The van der Waals surface area contributed by atoms with Crippen LogP contribution < -0.4 is 10.5 Å². The lowest BCUT2D eigenvalue weighted by molar-refractivity contribution is 0.581. The van der Waals surface area contributed by atoms with E-state index in [2.05, 4.69) is 4.72 Å². The lowest BCUT2D eigenvalue weighted by atomic mass is 10.1. The second-order valence-electron chi connectivity index (χ2n) is 4.79. The average molecular weight is 308 g/mol. The number of aryl methyl sites for hydroxylation is 1. The molecule has 3 N–H and O–H groups in total. The molecular formula is C15H17FN2O2S. The van der Waals surface area contributed by atoms with Crippen LogP contribution in [0.25, 0.3) is 0 Å². The maximum atomic E-state index is 12.8. The molecule has 0 atom stereocenters. The van der Waals surface area contributed by atoms with Gasteiger partial charge in [0.25, 0.3) is 0 Å². The summed E-state index contributed by atoms with van der Waals surface area (Å²) >= 11 is 0. The summed E-state index contributed by atoms with van der Waals surface area (Å²) in [6.07, 6.45) is 0.494. The molecule has 0 spiro atoms. The van der Waals surface area contributed by atoms with Gasteiger partial charge in [-0.1, -0.05) is 12.1 Å². The Labute approximate surface area is 123 Å². The molecule has 2 rings (SSSR count). The lowest BCUT2D eigenvalue weighted by Gasteiger charge is -2.08. The number of nitrogens with two attached hydrogens (primary N) is 1. The third-order valence-corrected chi connectivity index (χ3v) is 4.63. The van der Waals surface area contributed by atoms with Gasteiger partial charge in [0.15, 0.2) is 0 Å². The molecule has 0 radical (unpaired) electrons. The number of hydrogen-bond donors (Lipinski definition) is 2. The van der Waals surface area contributed by atoms with Crippen LogP contribution in [0.2, 0.25) is 0 Å². The first-order valence-corrected chi connectivity index (χ1v) is 7.97. The van der Waals surface area contributed by atoms with Crippen LogP contribution in [0, 0.1) is 12.7 Å². The van der Waals surface area contributed by atoms with Gasteiger partial charge in [-0.05, 0) is 54.8 Å². The number of halogens is 1. The summed E-state index contributed by atoms with van der Waals surface area (Å²) in [6.45, 7) is 2.00. The molecule has 0 unspecified atom stereocenters. The van der Waals surface area contributed by atoms with Gasteiger partial charge >= 0.3 is 0 Å². The van der Waals surface area contributed by atoms with E-state index in [1.807, 2.05) is 0 Å². The van der Waals surface area contributed by atoms with Gasteiger partial charge in [-0.3, -0.25) is 0 Å². The number of rotatable bonds is 5. The van der Waals surface area contributed by atoms with Gasteiger partial charge in [0.2, 0.25) is 10.0 Å². The molecule has 0 aromatic heterocycles. The number of benzene rings is 2. The number of nitrogens with one attached hydrogen (secondary N) is 1. The molecular weight excluding hydrogens is 291 g/mol. The number of sulfonamides is 1. The highest BCUT2D eigenvalue weighted by Crippen LogP contribution is 2.16. The predicted molar refractivity (Wildman–Crippen MR) is 80.9 cm³/mol. The fourth-order valence-electron chi connectivity index (χ4n) is 1.88. The summed E-state index contributed by atoms with van der Waals surface area (Å²) in [7, 11) is -3.56. The minimum atomic E-state index is -3.56. The van der Waals surface area contributed by atoms with E-state index in [9.17, 15) is 12.8 Å². The average Bonchev–Trinajstić information content (AvgIpc) is 2.44. The third-order valence-electron chi connectivity index (χ3n) is 3.17. The first kappa shape index (κ1) is 15.5. The normalized spacial score (nSPS) is 11.5. The maximum absolute atomic E-state index is 12.8. The Hall–Kier alpha value is -1.92. The highest BCUT2D eigenvalue weighted by atomic mass is 32.2. The van der Waals surface area contributed by atoms with Crippen LogP contribution in [-0.2, 0) is 16.4 Å². The van der Waals surface area contributed by atoms with Crippen LogP contribution in [0.3, 0.4) is 0 Å². The van der Waals surface area contributed by atoms with Crippen LogP contribution in [0.5, 0.6) is 0 Å². The molecule has 0 saturated heterocycles. The quantitative estimate of drug-likeness (QED) is 0.832. The molecule has 2 aromatic carbocycles. The molecule has 2 aromatic rings. The maximum Gasteiger partial charge on any atom is 0.240 e. The first-order chi connectivity index (χ1) is 9.88. The zero-order chi connectivity index (χ0) is 15.5. The van der Waals surface area contributed by atoms with E-state index in [0.29, 0.717) is 12.1 Å². The zero-order valence-corrected chi connectivity index (χ0v) is 12.5. The second kappa shape index (κ2) is 6.24. The molecule has 0 saturated carbocycles. The van der Waals surface area contributed by atoms with Crippen molar-refractivity contribution in [3.8, 4) is 0 Å².